The third kappa shape index (κ3) is 10.5. The summed E-state index contributed by atoms with van der Waals surface area (Å²) in [5, 5.41) is 27.9. The van der Waals surface area contributed by atoms with Crippen LogP contribution in [0.4, 0.5) is 0 Å². The number of phenolic OH excluding ortho intramolecular Hbond substituents is 2. The van der Waals surface area contributed by atoms with E-state index in [2.05, 4.69) is 16.0 Å². The van der Waals surface area contributed by atoms with Crippen molar-refractivity contribution < 1.29 is 24.6 Å². The number of nitrogens with one attached hydrogen (secondary N) is 3. The quantitative estimate of drug-likeness (QED) is 0.195. The van der Waals surface area contributed by atoms with Crippen molar-refractivity contribution in [2.24, 2.45) is 11.7 Å². The zero-order chi connectivity index (χ0) is 28.1. The first kappa shape index (κ1) is 30.8. The Morgan fingerprint density at radius 3 is 2.21 bits per heavy atom. The molecule has 2 rings (SSSR count). The average molecular weight is 527 g/mol. The minimum atomic E-state index is -1.10. The van der Waals surface area contributed by atoms with Gasteiger partial charge in [0.05, 0.1) is 12.1 Å². The monoisotopic (exact) mass is 526 g/mol. The van der Waals surface area contributed by atoms with Gasteiger partial charge in [0.25, 0.3) is 0 Å². The first-order valence-electron chi connectivity index (χ1n) is 13.3. The Balaban J connectivity index is 2.12. The van der Waals surface area contributed by atoms with E-state index in [1.54, 1.807) is 0 Å². The number of rotatable bonds is 15. The smallest absolute Gasteiger partial charge is 0.249 e. The molecule has 0 aromatic heterocycles. The van der Waals surface area contributed by atoms with Crippen LogP contribution in [0.25, 0.3) is 0 Å². The van der Waals surface area contributed by atoms with E-state index in [4.69, 9.17) is 5.73 Å². The molecule has 38 heavy (non-hydrogen) atoms. The van der Waals surface area contributed by atoms with Crippen molar-refractivity contribution in [2.75, 3.05) is 6.54 Å². The highest BCUT2D eigenvalue weighted by Crippen LogP contribution is 2.25. The number of phenols is 2. The number of nitrogens with two attached hydrogens (primary N) is 1. The third-order valence-electron chi connectivity index (χ3n) is 6.24. The fourth-order valence-electron chi connectivity index (χ4n) is 4.06. The molecule has 0 aliphatic rings. The molecule has 0 aliphatic heterocycles. The maximum atomic E-state index is 13.2. The van der Waals surface area contributed by atoms with Crippen LogP contribution >= 0.6 is 0 Å². The normalized spacial score (nSPS) is 13.5. The number of hydrogen-bond acceptors (Lipinski definition) is 7. The van der Waals surface area contributed by atoms with E-state index in [-0.39, 0.29) is 23.8 Å². The maximum absolute atomic E-state index is 13.2. The predicted molar refractivity (Wildman–Crippen MR) is 147 cm³/mol. The maximum Gasteiger partial charge on any atom is 0.249 e. The predicted octanol–water partition coefficient (Wildman–Crippen LogP) is 2.53. The average Bonchev–Trinajstić information content (AvgIpc) is 2.88. The van der Waals surface area contributed by atoms with Crippen molar-refractivity contribution in [3.8, 4) is 11.5 Å². The third-order valence-corrected chi connectivity index (χ3v) is 6.24. The molecule has 0 fully saturated rings. The lowest BCUT2D eigenvalue weighted by Crippen LogP contribution is -2.56. The topological polar surface area (TPSA) is 154 Å². The van der Waals surface area contributed by atoms with Crippen molar-refractivity contribution in [3.05, 3.63) is 59.7 Å². The van der Waals surface area contributed by atoms with Crippen molar-refractivity contribution in [1.29, 1.82) is 0 Å². The van der Waals surface area contributed by atoms with Gasteiger partial charge in [-0.2, -0.15) is 0 Å². The summed E-state index contributed by atoms with van der Waals surface area (Å²) < 4.78 is 0. The summed E-state index contributed by atoms with van der Waals surface area (Å²) >= 11 is 0. The van der Waals surface area contributed by atoms with E-state index in [1.165, 1.54) is 18.2 Å². The Labute approximate surface area is 225 Å². The second kappa shape index (κ2) is 15.7. The van der Waals surface area contributed by atoms with Crippen molar-refractivity contribution in [2.45, 2.75) is 77.4 Å². The second-order valence-electron chi connectivity index (χ2n) is 10.1. The molecule has 2 aromatic carbocycles. The number of hydrogen-bond donors (Lipinski definition) is 6. The van der Waals surface area contributed by atoms with E-state index in [1.807, 2.05) is 51.1 Å². The Kier molecular flexibility index (Phi) is 12.8. The molecule has 0 spiro atoms. The second-order valence-corrected chi connectivity index (χ2v) is 10.1. The van der Waals surface area contributed by atoms with E-state index in [0.717, 1.165) is 24.8 Å². The highest BCUT2D eigenvalue weighted by Gasteiger charge is 2.28. The first-order chi connectivity index (χ1) is 18.1. The van der Waals surface area contributed by atoms with Gasteiger partial charge in [-0.3, -0.25) is 19.7 Å². The molecular formula is C29H42N4O5. The van der Waals surface area contributed by atoms with Crippen LogP contribution in [-0.2, 0) is 27.2 Å². The lowest BCUT2D eigenvalue weighted by atomic mass is 10.0. The van der Waals surface area contributed by atoms with Gasteiger partial charge in [-0.1, -0.05) is 70.0 Å². The molecule has 0 radical (unpaired) electrons. The van der Waals surface area contributed by atoms with Crippen LogP contribution in [-0.4, -0.2) is 52.6 Å². The summed E-state index contributed by atoms with van der Waals surface area (Å²) in [5.74, 6) is -2.07. The molecule has 3 atom stereocenters. The Bertz CT molecular complexity index is 1040. The zero-order valence-corrected chi connectivity index (χ0v) is 22.6. The lowest BCUT2D eigenvalue weighted by Gasteiger charge is -2.23. The number of carbonyl (C=O) groups is 3. The summed E-state index contributed by atoms with van der Waals surface area (Å²) in [5.41, 5.74) is 7.64. The Hall–Kier alpha value is -3.43. The molecule has 7 N–H and O–H groups in total. The van der Waals surface area contributed by atoms with Crippen LogP contribution in [0, 0.1) is 5.92 Å². The fraction of sp³-hybridized carbons (Fsp3) is 0.483. The molecule has 0 heterocycles. The summed E-state index contributed by atoms with van der Waals surface area (Å²) in [4.78, 5) is 39.1. The van der Waals surface area contributed by atoms with Crippen molar-refractivity contribution in [1.82, 2.24) is 16.0 Å². The van der Waals surface area contributed by atoms with Crippen LogP contribution in [0.1, 0.15) is 57.6 Å². The minimum Gasteiger partial charge on any atom is -0.504 e. The van der Waals surface area contributed by atoms with Gasteiger partial charge in [-0.15, -0.1) is 0 Å². The number of carbonyl (C=O) groups excluding carboxylic acids is 3. The SMILES string of the molecule is CCCC[C@H](N)C(=O)N[C@@H](Cc1ccc(O)c(O)c1)C(=O)NC(=O)[C@H](CC(C)C)NCCc1ccccc1. The molecule has 0 saturated heterocycles. The highest BCUT2D eigenvalue weighted by molar-refractivity contribution is 6.01. The number of unbranched alkanes of at least 4 members (excludes halogenated alkanes) is 1. The lowest BCUT2D eigenvalue weighted by molar-refractivity contribution is -0.135. The summed E-state index contributed by atoms with van der Waals surface area (Å²) in [7, 11) is 0. The van der Waals surface area contributed by atoms with E-state index in [0.29, 0.717) is 24.9 Å². The van der Waals surface area contributed by atoms with E-state index in [9.17, 15) is 24.6 Å². The largest absolute Gasteiger partial charge is 0.504 e. The van der Waals surface area contributed by atoms with Gasteiger partial charge in [0.15, 0.2) is 11.5 Å². The van der Waals surface area contributed by atoms with Crippen molar-refractivity contribution >= 4 is 17.7 Å². The molecule has 9 heteroatoms. The summed E-state index contributed by atoms with van der Waals surface area (Å²) in [6.45, 7) is 6.55. The number of aromatic hydroxyl groups is 2. The zero-order valence-electron chi connectivity index (χ0n) is 22.6. The fourth-order valence-corrected chi connectivity index (χ4v) is 4.06. The van der Waals surface area contributed by atoms with Gasteiger partial charge in [0, 0.05) is 6.42 Å². The number of amides is 3. The highest BCUT2D eigenvalue weighted by atomic mass is 16.3. The molecule has 0 aliphatic carbocycles. The van der Waals surface area contributed by atoms with Gasteiger partial charge in [0.2, 0.25) is 17.7 Å². The number of benzene rings is 2. The van der Waals surface area contributed by atoms with Gasteiger partial charge < -0.3 is 26.6 Å². The van der Waals surface area contributed by atoms with Crippen LogP contribution in [0.2, 0.25) is 0 Å². The Morgan fingerprint density at radius 2 is 1.58 bits per heavy atom. The van der Waals surface area contributed by atoms with Crippen LogP contribution < -0.4 is 21.7 Å². The molecule has 0 saturated carbocycles. The molecule has 9 nitrogen and oxygen atoms in total. The molecule has 208 valence electrons. The summed E-state index contributed by atoms with van der Waals surface area (Å²) in [6, 6.07) is 11.6. The Morgan fingerprint density at radius 1 is 0.895 bits per heavy atom. The molecule has 0 bridgehead atoms. The van der Waals surface area contributed by atoms with Gasteiger partial charge in [0.1, 0.15) is 6.04 Å². The van der Waals surface area contributed by atoms with Crippen LogP contribution in [0.5, 0.6) is 11.5 Å². The molecule has 2 aromatic rings. The number of imide groups is 1. The van der Waals surface area contributed by atoms with Crippen LogP contribution in [0.3, 0.4) is 0 Å². The minimum absolute atomic E-state index is 0.00449. The van der Waals surface area contributed by atoms with Gasteiger partial charge in [-0.05, 0) is 55.0 Å². The van der Waals surface area contributed by atoms with E-state index >= 15 is 0 Å². The van der Waals surface area contributed by atoms with E-state index < -0.39 is 35.8 Å². The van der Waals surface area contributed by atoms with Gasteiger partial charge in [-0.25, -0.2) is 0 Å². The van der Waals surface area contributed by atoms with Gasteiger partial charge >= 0.3 is 0 Å². The molecular weight excluding hydrogens is 484 g/mol. The summed E-state index contributed by atoms with van der Waals surface area (Å²) in [6.07, 6.45) is 3.36. The molecule has 0 unspecified atom stereocenters. The first-order valence-corrected chi connectivity index (χ1v) is 13.3. The van der Waals surface area contributed by atoms with Crippen LogP contribution in [0.15, 0.2) is 48.5 Å². The van der Waals surface area contributed by atoms with Crippen molar-refractivity contribution in [3.63, 3.8) is 0 Å². The standard InChI is InChI=1S/C29H42N4O5/c1-4-5-11-22(30)27(36)32-24(17-21-12-13-25(34)26(35)18-21)29(38)33-28(37)23(16-19(2)3)31-15-14-20-9-7-6-8-10-20/h6-10,12-13,18-19,22-24,31,34-35H,4-5,11,14-17,30H2,1-3H3,(H,32,36)(H,33,37,38)/t22-,23-,24-/m0/s1. The molecule has 3 amide bonds.